The Bertz CT molecular complexity index is 307. The summed E-state index contributed by atoms with van der Waals surface area (Å²) in [7, 11) is 0. The van der Waals surface area contributed by atoms with E-state index in [-0.39, 0.29) is 19.5 Å². The highest BCUT2D eigenvalue weighted by atomic mass is 19.1. The first-order valence-electron chi connectivity index (χ1n) is 5.77. The molecule has 7 heteroatoms. The number of carbonyl (C=O) groups is 1. The van der Waals surface area contributed by atoms with Gasteiger partial charge in [-0.05, 0) is 18.4 Å². The van der Waals surface area contributed by atoms with Gasteiger partial charge in [-0.1, -0.05) is 18.5 Å². The second-order valence-corrected chi connectivity index (χ2v) is 4.06. The number of carbonyl (C=O) groups excluding carboxylic acids is 1. The lowest BCUT2D eigenvalue weighted by atomic mass is 10.1. The van der Waals surface area contributed by atoms with Gasteiger partial charge in [-0.2, -0.15) is 0 Å². The Morgan fingerprint density at radius 3 is 3.06 bits per heavy atom. The summed E-state index contributed by atoms with van der Waals surface area (Å²) in [6, 6.07) is -0.498. The average Bonchev–Trinajstić information content (AvgIpc) is 2.29. The maximum atomic E-state index is 13.3. The van der Waals surface area contributed by atoms with E-state index in [0.29, 0.717) is 6.61 Å². The van der Waals surface area contributed by atoms with E-state index >= 15 is 0 Å². The third-order valence-corrected chi connectivity index (χ3v) is 2.57. The molecule has 1 aliphatic heterocycles. The summed E-state index contributed by atoms with van der Waals surface area (Å²) in [4.78, 5) is 15.5. The van der Waals surface area contributed by atoms with Crippen LogP contribution in [0.2, 0.25) is 0 Å². The standard InChI is InChI=1S/C10H17FN4O2/c1-2-3-4-17-10(16)15-6-8(11)5-9(7-15)13-14-12/h8-9H,2-7H2,1H3/t8-,9-/m0/s1. The number of ether oxygens (including phenoxy) is 1. The number of likely N-dealkylation sites (tertiary alicyclic amines) is 1. The van der Waals surface area contributed by atoms with Crippen LogP contribution in [-0.2, 0) is 4.74 Å². The lowest BCUT2D eigenvalue weighted by Crippen LogP contribution is -2.46. The molecule has 1 fully saturated rings. The predicted octanol–water partition coefficient (Wildman–Crippen LogP) is 2.65. The van der Waals surface area contributed by atoms with E-state index < -0.39 is 18.3 Å². The fourth-order valence-electron chi connectivity index (χ4n) is 1.71. The fourth-order valence-corrected chi connectivity index (χ4v) is 1.71. The molecule has 1 heterocycles. The third-order valence-electron chi connectivity index (χ3n) is 2.57. The summed E-state index contributed by atoms with van der Waals surface area (Å²) in [5.41, 5.74) is 8.30. The Labute approximate surface area is 99.4 Å². The van der Waals surface area contributed by atoms with Gasteiger partial charge in [0.25, 0.3) is 0 Å². The maximum absolute atomic E-state index is 13.3. The van der Waals surface area contributed by atoms with Gasteiger partial charge in [-0.25, -0.2) is 9.18 Å². The van der Waals surface area contributed by atoms with Crippen LogP contribution in [0.15, 0.2) is 5.11 Å². The molecule has 96 valence electrons. The monoisotopic (exact) mass is 244 g/mol. The summed E-state index contributed by atoms with van der Waals surface area (Å²) < 4.78 is 18.3. The Morgan fingerprint density at radius 2 is 2.41 bits per heavy atom. The second kappa shape index (κ2) is 6.96. The number of alkyl halides is 1. The van der Waals surface area contributed by atoms with E-state index in [9.17, 15) is 9.18 Å². The first kappa shape index (κ1) is 13.6. The number of halogens is 1. The van der Waals surface area contributed by atoms with Crippen molar-refractivity contribution in [3.05, 3.63) is 10.4 Å². The minimum absolute atomic E-state index is 0.0163. The summed E-state index contributed by atoms with van der Waals surface area (Å²) in [5.74, 6) is 0. The smallest absolute Gasteiger partial charge is 0.409 e. The molecule has 1 aliphatic rings. The highest BCUT2D eigenvalue weighted by molar-refractivity contribution is 5.67. The van der Waals surface area contributed by atoms with Crippen LogP contribution in [0.1, 0.15) is 26.2 Å². The number of amides is 1. The van der Waals surface area contributed by atoms with Crippen LogP contribution < -0.4 is 0 Å². The number of hydrogen-bond acceptors (Lipinski definition) is 3. The van der Waals surface area contributed by atoms with Gasteiger partial charge in [0.1, 0.15) is 6.17 Å². The number of hydrogen-bond donors (Lipinski definition) is 0. The van der Waals surface area contributed by atoms with E-state index in [4.69, 9.17) is 10.3 Å². The molecule has 0 aromatic carbocycles. The van der Waals surface area contributed by atoms with Crippen molar-refractivity contribution in [1.82, 2.24) is 4.90 Å². The van der Waals surface area contributed by atoms with Crippen molar-refractivity contribution in [3.8, 4) is 0 Å². The minimum atomic E-state index is -1.15. The molecule has 0 aromatic heterocycles. The number of nitrogens with zero attached hydrogens (tertiary/aromatic N) is 4. The van der Waals surface area contributed by atoms with Gasteiger partial charge in [0.05, 0.1) is 19.2 Å². The van der Waals surface area contributed by atoms with Gasteiger partial charge in [-0.15, -0.1) is 0 Å². The molecule has 6 nitrogen and oxygen atoms in total. The molecule has 1 amide bonds. The van der Waals surface area contributed by atoms with Crippen molar-refractivity contribution in [2.75, 3.05) is 19.7 Å². The molecular formula is C10H17FN4O2. The van der Waals surface area contributed by atoms with Crippen LogP contribution in [0.3, 0.4) is 0 Å². The number of rotatable bonds is 4. The van der Waals surface area contributed by atoms with Gasteiger partial charge >= 0.3 is 6.09 Å². The minimum Gasteiger partial charge on any atom is -0.449 e. The fraction of sp³-hybridized carbons (Fsp3) is 0.900. The molecule has 0 N–H and O–H groups in total. The van der Waals surface area contributed by atoms with Crippen LogP contribution in [-0.4, -0.2) is 42.9 Å². The third kappa shape index (κ3) is 4.48. The van der Waals surface area contributed by atoms with Crippen molar-refractivity contribution in [1.29, 1.82) is 0 Å². The number of piperidine rings is 1. The van der Waals surface area contributed by atoms with Crippen molar-refractivity contribution in [3.63, 3.8) is 0 Å². The quantitative estimate of drug-likeness (QED) is 0.330. The van der Waals surface area contributed by atoms with E-state index in [1.54, 1.807) is 0 Å². The van der Waals surface area contributed by atoms with Gasteiger partial charge in [-0.3, -0.25) is 0 Å². The number of unbranched alkanes of at least 4 members (excludes halogenated alkanes) is 1. The summed E-state index contributed by atoms with van der Waals surface area (Å²) in [5, 5.41) is 3.45. The zero-order chi connectivity index (χ0) is 12.7. The lowest BCUT2D eigenvalue weighted by molar-refractivity contribution is 0.0703. The van der Waals surface area contributed by atoms with Crippen molar-refractivity contribution in [2.45, 2.75) is 38.4 Å². The molecule has 1 rings (SSSR count). The van der Waals surface area contributed by atoms with Crippen LogP contribution in [0.4, 0.5) is 9.18 Å². The predicted molar refractivity (Wildman–Crippen MR) is 60.3 cm³/mol. The molecule has 0 aromatic rings. The first-order chi connectivity index (χ1) is 8.17. The van der Waals surface area contributed by atoms with E-state index in [2.05, 4.69) is 10.0 Å². The van der Waals surface area contributed by atoms with E-state index in [1.807, 2.05) is 6.92 Å². The van der Waals surface area contributed by atoms with Gasteiger partial charge < -0.3 is 9.64 Å². The molecule has 1 saturated heterocycles. The largest absolute Gasteiger partial charge is 0.449 e. The molecular weight excluding hydrogens is 227 g/mol. The zero-order valence-electron chi connectivity index (χ0n) is 9.88. The highest BCUT2D eigenvalue weighted by Gasteiger charge is 2.30. The topological polar surface area (TPSA) is 78.3 Å². The Balaban J connectivity index is 2.45. The second-order valence-electron chi connectivity index (χ2n) is 4.06. The molecule has 0 saturated carbocycles. The summed E-state index contributed by atoms with van der Waals surface area (Å²) in [6.45, 7) is 2.58. The Kier molecular flexibility index (Phi) is 5.56. The van der Waals surface area contributed by atoms with Gasteiger partial charge in [0.15, 0.2) is 0 Å². The first-order valence-corrected chi connectivity index (χ1v) is 5.77. The SMILES string of the molecule is CCCCOC(=O)N1C[C@@H](F)C[C@H](N=[N+]=[N-])C1. The molecule has 0 bridgehead atoms. The number of azide groups is 1. The molecule has 0 spiro atoms. The molecule has 0 aliphatic carbocycles. The van der Waals surface area contributed by atoms with Crippen LogP contribution >= 0.6 is 0 Å². The lowest BCUT2D eigenvalue weighted by Gasteiger charge is -2.31. The molecule has 2 atom stereocenters. The maximum Gasteiger partial charge on any atom is 0.409 e. The van der Waals surface area contributed by atoms with Crippen LogP contribution in [0, 0.1) is 0 Å². The van der Waals surface area contributed by atoms with Crippen molar-refractivity contribution >= 4 is 6.09 Å². The van der Waals surface area contributed by atoms with Crippen LogP contribution in [0.25, 0.3) is 10.4 Å². The Hall–Kier alpha value is -1.49. The van der Waals surface area contributed by atoms with E-state index in [0.717, 1.165) is 12.8 Å². The van der Waals surface area contributed by atoms with E-state index in [1.165, 1.54) is 4.90 Å². The summed E-state index contributed by atoms with van der Waals surface area (Å²) in [6.07, 6.45) is 0.207. The summed E-state index contributed by atoms with van der Waals surface area (Å²) >= 11 is 0. The van der Waals surface area contributed by atoms with Crippen LogP contribution in [0.5, 0.6) is 0 Å². The van der Waals surface area contributed by atoms with Gasteiger partial charge in [0, 0.05) is 11.5 Å². The highest BCUT2D eigenvalue weighted by Crippen LogP contribution is 2.17. The molecule has 17 heavy (non-hydrogen) atoms. The van der Waals surface area contributed by atoms with Crippen molar-refractivity contribution in [2.24, 2.45) is 5.11 Å². The van der Waals surface area contributed by atoms with Gasteiger partial charge in [0.2, 0.25) is 0 Å². The Morgan fingerprint density at radius 1 is 1.65 bits per heavy atom. The van der Waals surface area contributed by atoms with Crippen molar-refractivity contribution < 1.29 is 13.9 Å². The zero-order valence-corrected chi connectivity index (χ0v) is 9.88. The molecule has 0 unspecified atom stereocenters. The molecule has 0 radical (unpaired) electrons. The average molecular weight is 244 g/mol. The normalized spacial score (nSPS) is 24.0.